The maximum absolute atomic E-state index is 12.8. The van der Waals surface area contributed by atoms with Gasteiger partial charge in [0, 0.05) is 12.6 Å². The predicted molar refractivity (Wildman–Crippen MR) is 75.6 cm³/mol. The Morgan fingerprint density at radius 3 is 2.43 bits per heavy atom. The number of amides is 1. The number of halogens is 3. The number of rotatable bonds is 6. The van der Waals surface area contributed by atoms with Crippen LogP contribution in [0.5, 0.6) is 0 Å². The molecule has 2 atom stereocenters. The first-order valence-corrected chi connectivity index (χ1v) is 6.94. The molecule has 6 heteroatoms. The third-order valence-electron chi connectivity index (χ3n) is 3.32. The molecule has 0 saturated heterocycles. The van der Waals surface area contributed by atoms with Crippen molar-refractivity contribution in [1.82, 2.24) is 10.6 Å². The normalized spacial score (nSPS) is 14.6. The minimum atomic E-state index is -4.39. The molecular formula is C15H21F3N2O. The molecule has 1 aromatic rings. The molecule has 0 aliphatic carbocycles. The lowest BCUT2D eigenvalue weighted by molar-refractivity contribution is -0.138. The average molecular weight is 302 g/mol. The van der Waals surface area contributed by atoms with E-state index in [-0.39, 0.29) is 24.1 Å². The summed E-state index contributed by atoms with van der Waals surface area (Å²) in [6, 6.07) is 4.85. The molecule has 118 valence electrons. The van der Waals surface area contributed by atoms with Gasteiger partial charge < -0.3 is 10.6 Å². The molecule has 1 aromatic carbocycles. The Morgan fingerprint density at radius 2 is 1.86 bits per heavy atom. The largest absolute Gasteiger partial charge is 0.416 e. The van der Waals surface area contributed by atoms with Gasteiger partial charge in [0.1, 0.15) is 0 Å². The minimum Gasteiger partial charge on any atom is -0.352 e. The summed E-state index contributed by atoms with van der Waals surface area (Å²) in [5.41, 5.74) is -0.541. The highest BCUT2D eigenvalue weighted by Gasteiger charge is 2.32. The molecule has 0 bridgehead atoms. The number of alkyl halides is 3. The highest BCUT2D eigenvalue weighted by Crippen LogP contribution is 2.31. The average Bonchev–Trinajstić information content (AvgIpc) is 2.43. The van der Waals surface area contributed by atoms with Gasteiger partial charge in [-0.2, -0.15) is 13.2 Å². The first kappa shape index (κ1) is 17.5. The van der Waals surface area contributed by atoms with Gasteiger partial charge in [0.2, 0.25) is 5.91 Å². The van der Waals surface area contributed by atoms with Gasteiger partial charge in [-0.1, -0.05) is 25.1 Å². The van der Waals surface area contributed by atoms with E-state index in [1.165, 1.54) is 12.1 Å². The van der Waals surface area contributed by atoms with E-state index in [9.17, 15) is 18.0 Å². The fourth-order valence-electron chi connectivity index (χ4n) is 1.78. The monoisotopic (exact) mass is 302 g/mol. The number of carbonyl (C=O) groups is 1. The zero-order valence-corrected chi connectivity index (χ0v) is 12.4. The molecule has 0 aliphatic rings. The van der Waals surface area contributed by atoms with Gasteiger partial charge in [0.05, 0.1) is 11.6 Å². The van der Waals surface area contributed by atoms with E-state index in [0.717, 1.165) is 12.5 Å². The van der Waals surface area contributed by atoms with Crippen LogP contribution in [0.3, 0.4) is 0 Å². The summed E-state index contributed by atoms with van der Waals surface area (Å²) in [7, 11) is 0. The van der Waals surface area contributed by atoms with Crippen molar-refractivity contribution >= 4 is 5.91 Å². The SMILES string of the molecule is CCC(C)NC(=O)C(C)NCc1ccccc1C(F)(F)F. The summed E-state index contributed by atoms with van der Waals surface area (Å²) in [5.74, 6) is -0.214. The molecule has 1 amide bonds. The highest BCUT2D eigenvalue weighted by molar-refractivity contribution is 5.81. The number of hydrogen-bond donors (Lipinski definition) is 2. The maximum Gasteiger partial charge on any atom is 0.416 e. The Morgan fingerprint density at radius 1 is 1.24 bits per heavy atom. The molecule has 0 saturated carbocycles. The van der Waals surface area contributed by atoms with E-state index in [4.69, 9.17) is 0 Å². The van der Waals surface area contributed by atoms with E-state index < -0.39 is 17.8 Å². The molecule has 3 nitrogen and oxygen atoms in total. The smallest absolute Gasteiger partial charge is 0.352 e. The minimum absolute atomic E-state index is 0.00915. The van der Waals surface area contributed by atoms with E-state index in [1.54, 1.807) is 13.0 Å². The molecule has 21 heavy (non-hydrogen) atoms. The fourth-order valence-corrected chi connectivity index (χ4v) is 1.78. The Labute approximate surface area is 122 Å². The number of carbonyl (C=O) groups excluding carboxylic acids is 1. The molecule has 1 rings (SSSR count). The van der Waals surface area contributed by atoms with Crippen molar-refractivity contribution in [2.45, 2.75) is 52.0 Å². The molecular weight excluding hydrogens is 281 g/mol. The second-order valence-electron chi connectivity index (χ2n) is 5.08. The van der Waals surface area contributed by atoms with Gasteiger partial charge in [-0.3, -0.25) is 4.79 Å². The molecule has 0 fully saturated rings. The van der Waals surface area contributed by atoms with E-state index >= 15 is 0 Å². The van der Waals surface area contributed by atoms with Gasteiger partial charge in [-0.15, -0.1) is 0 Å². The maximum atomic E-state index is 12.8. The summed E-state index contributed by atoms with van der Waals surface area (Å²) in [4.78, 5) is 11.8. The zero-order chi connectivity index (χ0) is 16.0. The van der Waals surface area contributed by atoms with Crippen LogP contribution in [-0.2, 0) is 17.5 Å². The van der Waals surface area contributed by atoms with Crippen molar-refractivity contribution in [2.75, 3.05) is 0 Å². The Kier molecular flexibility index (Phi) is 6.20. The summed E-state index contributed by atoms with van der Waals surface area (Å²) < 4.78 is 38.5. The lowest BCUT2D eigenvalue weighted by atomic mass is 10.1. The summed E-state index contributed by atoms with van der Waals surface area (Å²) >= 11 is 0. The zero-order valence-electron chi connectivity index (χ0n) is 12.4. The van der Waals surface area contributed by atoms with Crippen LogP contribution in [0.2, 0.25) is 0 Å². The fraction of sp³-hybridized carbons (Fsp3) is 0.533. The Bertz CT molecular complexity index is 474. The summed E-state index contributed by atoms with van der Waals surface area (Å²) in [6.45, 7) is 5.45. The van der Waals surface area contributed by atoms with Crippen molar-refractivity contribution in [3.63, 3.8) is 0 Å². The lowest BCUT2D eigenvalue weighted by Gasteiger charge is -2.19. The quantitative estimate of drug-likeness (QED) is 0.848. The van der Waals surface area contributed by atoms with Gasteiger partial charge in [0.15, 0.2) is 0 Å². The molecule has 0 aromatic heterocycles. The number of nitrogens with one attached hydrogen (secondary N) is 2. The van der Waals surface area contributed by atoms with Crippen LogP contribution < -0.4 is 10.6 Å². The predicted octanol–water partition coefficient (Wildman–Crippen LogP) is 3.10. The summed E-state index contributed by atoms with van der Waals surface area (Å²) in [6.07, 6.45) is -3.59. The van der Waals surface area contributed by atoms with E-state index in [0.29, 0.717) is 0 Å². The van der Waals surface area contributed by atoms with Gasteiger partial charge >= 0.3 is 6.18 Å². The van der Waals surface area contributed by atoms with E-state index in [2.05, 4.69) is 10.6 Å². The van der Waals surface area contributed by atoms with Crippen LogP contribution in [0, 0.1) is 0 Å². The number of hydrogen-bond acceptors (Lipinski definition) is 2. The van der Waals surface area contributed by atoms with Crippen LogP contribution in [0.25, 0.3) is 0 Å². The first-order valence-electron chi connectivity index (χ1n) is 6.94. The van der Waals surface area contributed by atoms with Crippen LogP contribution in [0.1, 0.15) is 38.3 Å². The van der Waals surface area contributed by atoms with Gasteiger partial charge in [-0.05, 0) is 31.9 Å². The van der Waals surface area contributed by atoms with Crippen molar-refractivity contribution in [2.24, 2.45) is 0 Å². The molecule has 2 unspecified atom stereocenters. The molecule has 2 N–H and O–H groups in total. The molecule has 0 spiro atoms. The Hall–Kier alpha value is -1.56. The van der Waals surface area contributed by atoms with Crippen LogP contribution in [0.15, 0.2) is 24.3 Å². The lowest BCUT2D eigenvalue weighted by Crippen LogP contribution is -2.45. The van der Waals surface area contributed by atoms with Crippen LogP contribution in [0.4, 0.5) is 13.2 Å². The molecule has 0 heterocycles. The Balaban J connectivity index is 2.65. The molecule has 0 aliphatic heterocycles. The van der Waals surface area contributed by atoms with Gasteiger partial charge in [0.25, 0.3) is 0 Å². The highest BCUT2D eigenvalue weighted by atomic mass is 19.4. The van der Waals surface area contributed by atoms with Crippen molar-refractivity contribution in [1.29, 1.82) is 0 Å². The second kappa shape index (κ2) is 7.45. The summed E-state index contributed by atoms with van der Waals surface area (Å²) in [5, 5.41) is 5.62. The second-order valence-corrected chi connectivity index (χ2v) is 5.08. The molecule has 0 radical (unpaired) electrons. The van der Waals surface area contributed by atoms with Crippen LogP contribution >= 0.6 is 0 Å². The van der Waals surface area contributed by atoms with E-state index in [1.807, 2.05) is 13.8 Å². The topological polar surface area (TPSA) is 41.1 Å². The van der Waals surface area contributed by atoms with Crippen LogP contribution in [-0.4, -0.2) is 18.0 Å². The van der Waals surface area contributed by atoms with Crippen molar-refractivity contribution in [3.05, 3.63) is 35.4 Å². The first-order chi connectivity index (χ1) is 9.75. The van der Waals surface area contributed by atoms with Crippen molar-refractivity contribution in [3.8, 4) is 0 Å². The third kappa shape index (κ3) is 5.38. The number of benzene rings is 1. The van der Waals surface area contributed by atoms with Gasteiger partial charge in [-0.25, -0.2) is 0 Å². The van der Waals surface area contributed by atoms with Crippen molar-refractivity contribution < 1.29 is 18.0 Å². The third-order valence-corrected chi connectivity index (χ3v) is 3.32. The standard InChI is InChI=1S/C15H21F3N2O/c1-4-10(2)20-14(21)11(3)19-9-12-7-5-6-8-13(12)15(16,17)18/h5-8,10-11,19H,4,9H2,1-3H3,(H,20,21).